The van der Waals surface area contributed by atoms with E-state index in [1.807, 2.05) is 18.2 Å². The molecule has 8 nitrogen and oxygen atoms in total. The Morgan fingerprint density at radius 2 is 1.90 bits per heavy atom. The van der Waals surface area contributed by atoms with E-state index in [4.69, 9.17) is 14.2 Å². The molecule has 164 valence electrons. The number of fused-ring (bicyclic) bond motifs is 1. The highest BCUT2D eigenvalue weighted by molar-refractivity contribution is 14.0. The Kier molecular flexibility index (Phi) is 8.59. The average molecular weight is 547 g/mol. The summed E-state index contributed by atoms with van der Waals surface area (Å²) < 4.78 is 39.7. The number of aliphatic imine (C=N–C) groups is 1. The van der Waals surface area contributed by atoms with Crippen molar-refractivity contribution < 1.29 is 22.6 Å². The maximum Gasteiger partial charge on any atom is 0.231 e. The van der Waals surface area contributed by atoms with Crippen molar-refractivity contribution in [2.75, 3.05) is 33.2 Å². The molecular weight excluding hydrogens is 521 g/mol. The molecule has 0 atom stereocenters. The summed E-state index contributed by atoms with van der Waals surface area (Å²) in [5, 5.41) is 6.38. The number of nitrogens with zero attached hydrogens (tertiary/aromatic N) is 1. The van der Waals surface area contributed by atoms with Crippen LogP contribution < -0.4 is 24.8 Å². The van der Waals surface area contributed by atoms with E-state index in [0.717, 1.165) is 16.9 Å². The smallest absolute Gasteiger partial charge is 0.231 e. The monoisotopic (exact) mass is 547 g/mol. The Labute approximate surface area is 194 Å². The van der Waals surface area contributed by atoms with E-state index < -0.39 is 9.84 Å². The second kappa shape index (κ2) is 10.7. The Balaban J connectivity index is 0.00000320. The van der Waals surface area contributed by atoms with Gasteiger partial charge in [-0.25, -0.2) is 8.42 Å². The molecule has 1 aliphatic rings. The number of hydrogen-bond acceptors (Lipinski definition) is 6. The minimum Gasteiger partial charge on any atom is -0.492 e. The van der Waals surface area contributed by atoms with E-state index in [1.54, 1.807) is 32.2 Å². The molecule has 0 aliphatic carbocycles. The molecule has 0 saturated carbocycles. The minimum absolute atomic E-state index is 0. The summed E-state index contributed by atoms with van der Waals surface area (Å²) in [7, 11) is -1.53. The van der Waals surface area contributed by atoms with E-state index in [0.29, 0.717) is 42.1 Å². The number of sulfone groups is 1. The van der Waals surface area contributed by atoms with Crippen molar-refractivity contribution in [1.82, 2.24) is 10.6 Å². The Bertz CT molecular complexity index is 1010. The number of guanidine groups is 1. The molecule has 0 saturated heterocycles. The number of aryl methyl sites for hydroxylation is 1. The third-order valence-electron chi connectivity index (χ3n) is 4.33. The first kappa shape index (κ1) is 24.1. The second-order valence-corrected chi connectivity index (χ2v) is 8.57. The van der Waals surface area contributed by atoms with Crippen LogP contribution >= 0.6 is 24.0 Å². The fourth-order valence-corrected chi connectivity index (χ4v) is 3.91. The zero-order chi connectivity index (χ0) is 20.9. The van der Waals surface area contributed by atoms with Crippen molar-refractivity contribution in [2.45, 2.75) is 18.4 Å². The highest BCUT2D eigenvalue weighted by Crippen LogP contribution is 2.34. The lowest BCUT2D eigenvalue weighted by Gasteiger charge is -2.13. The average Bonchev–Trinajstić information content (AvgIpc) is 3.14. The lowest BCUT2D eigenvalue weighted by Crippen LogP contribution is -2.38. The molecule has 0 fully saturated rings. The third kappa shape index (κ3) is 6.39. The maximum absolute atomic E-state index is 11.7. The molecule has 10 heteroatoms. The van der Waals surface area contributed by atoms with E-state index in [9.17, 15) is 8.42 Å². The molecule has 0 unspecified atom stereocenters. The largest absolute Gasteiger partial charge is 0.492 e. The van der Waals surface area contributed by atoms with Crippen LogP contribution in [0.2, 0.25) is 0 Å². The van der Waals surface area contributed by atoms with Crippen LogP contribution in [0, 0.1) is 6.92 Å². The van der Waals surface area contributed by atoms with Crippen molar-refractivity contribution in [3.8, 4) is 17.2 Å². The minimum atomic E-state index is -3.21. The van der Waals surface area contributed by atoms with Crippen molar-refractivity contribution in [3.63, 3.8) is 0 Å². The summed E-state index contributed by atoms with van der Waals surface area (Å²) in [5.74, 6) is 2.74. The zero-order valence-corrected chi connectivity index (χ0v) is 20.2. The molecule has 0 spiro atoms. The molecule has 30 heavy (non-hydrogen) atoms. The first-order chi connectivity index (χ1) is 13.9. The molecule has 0 radical (unpaired) electrons. The molecule has 2 N–H and O–H groups in total. The normalized spacial score (nSPS) is 12.8. The molecule has 2 aromatic carbocycles. The van der Waals surface area contributed by atoms with Crippen molar-refractivity contribution >= 4 is 39.8 Å². The van der Waals surface area contributed by atoms with Crippen LogP contribution in [-0.2, 0) is 16.4 Å². The lowest BCUT2D eigenvalue weighted by atomic mass is 10.1. The van der Waals surface area contributed by atoms with E-state index >= 15 is 0 Å². The summed E-state index contributed by atoms with van der Waals surface area (Å²) in [6.45, 7) is 3.55. The Morgan fingerprint density at radius 3 is 2.60 bits per heavy atom. The van der Waals surface area contributed by atoms with E-state index in [-0.39, 0.29) is 30.8 Å². The number of benzene rings is 2. The molecule has 2 aromatic rings. The predicted molar refractivity (Wildman–Crippen MR) is 126 cm³/mol. The quantitative estimate of drug-likeness (QED) is 0.238. The summed E-state index contributed by atoms with van der Waals surface area (Å²) in [5.41, 5.74) is 1.70. The highest BCUT2D eigenvalue weighted by atomic mass is 127. The number of hydrogen-bond donors (Lipinski definition) is 2. The van der Waals surface area contributed by atoms with Gasteiger partial charge in [0.2, 0.25) is 6.79 Å². The van der Waals surface area contributed by atoms with Gasteiger partial charge in [0.15, 0.2) is 27.3 Å². The summed E-state index contributed by atoms with van der Waals surface area (Å²) in [4.78, 5) is 4.53. The van der Waals surface area contributed by atoms with Crippen molar-refractivity contribution in [2.24, 2.45) is 4.99 Å². The van der Waals surface area contributed by atoms with Gasteiger partial charge in [-0.3, -0.25) is 4.99 Å². The lowest BCUT2D eigenvalue weighted by molar-refractivity contribution is 0.173. The Morgan fingerprint density at radius 1 is 1.13 bits per heavy atom. The van der Waals surface area contributed by atoms with E-state index in [2.05, 4.69) is 15.6 Å². The topological polar surface area (TPSA) is 98.2 Å². The SMILES string of the molecule is CN=C(NCCOc1ccc2c(c1)OCO2)NCc1ccc(S(C)(=O)=O)c(C)c1.I. The van der Waals surface area contributed by atoms with Gasteiger partial charge < -0.3 is 24.8 Å². The van der Waals surface area contributed by atoms with Crippen LogP contribution in [0.1, 0.15) is 11.1 Å². The van der Waals surface area contributed by atoms with Gasteiger partial charge in [-0.15, -0.1) is 24.0 Å². The summed E-state index contributed by atoms with van der Waals surface area (Å²) in [6.07, 6.45) is 1.21. The number of rotatable bonds is 7. The maximum atomic E-state index is 11.7. The molecule has 0 bridgehead atoms. The van der Waals surface area contributed by atoms with E-state index in [1.165, 1.54) is 6.26 Å². The first-order valence-electron chi connectivity index (χ1n) is 9.13. The molecule has 1 heterocycles. The fourth-order valence-electron chi connectivity index (χ4n) is 2.95. The fraction of sp³-hybridized carbons (Fsp3) is 0.350. The predicted octanol–water partition coefficient (Wildman–Crippen LogP) is 2.49. The van der Waals surface area contributed by atoms with Crippen LogP contribution in [-0.4, -0.2) is 47.6 Å². The molecule has 3 rings (SSSR count). The van der Waals surface area contributed by atoms with Crippen LogP contribution in [0.3, 0.4) is 0 Å². The summed E-state index contributed by atoms with van der Waals surface area (Å²) in [6, 6.07) is 10.8. The van der Waals surface area contributed by atoms with Crippen LogP contribution in [0.4, 0.5) is 0 Å². The summed E-state index contributed by atoms with van der Waals surface area (Å²) >= 11 is 0. The van der Waals surface area contributed by atoms with Gasteiger partial charge in [0, 0.05) is 25.9 Å². The van der Waals surface area contributed by atoms with Gasteiger partial charge in [0.1, 0.15) is 12.4 Å². The third-order valence-corrected chi connectivity index (χ3v) is 5.59. The van der Waals surface area contributed by atoms with Crippen LogP contribution in [0.15, 0.2) is 46.3 Å². The van der Waals surface area contributed by atoms with Crippen LogP contribution in [0.5, 0.6) is 17.2 Å². The van der Waals surface area contributed by atoms with Gasteiger partial charge in [-0.1, -0.05) is 12.1 Å². The van der Waals surface area contributed by atoms with Gasteiger partial charge in [-0.2, -0.15) is 0 Å². The van der Waals surface area contributed by atoms with Crippen molar-refractivity contribution in [3.05, 3.63) is 47.5 Å². The van der Waals surface area contributed by atoms with Gasteiger partial charge in [0.05, 0.1) is 11.4 Å². The van der Waals surface area contributed by atoms with Crippen molar-refractivity contribution in [1.29, 1.82) is 0 Å². The van der Waals surface area contributed by atoms with Gasteiger partial charge >= 0.3 is 0 Å². The van der Waals surface area contributed by atoms with Crippen LogP contribution in [0.25, 0.3) is 0 Å². The molecule has 0 aromatic heterocycles. The molecule has 0 amide bonds. The zero-order valence-electron chi connectivity index (χ0n) is 17.1. The van der Waals surface area contributed by atoms with Gasteiger partial charge in [-0.05, 0) is 36.2 Å². The number of ether oxygens (including phenoxy) is 3. The Hall–Kier alpha value is -2.21. The molecular formula is C20H26IN3O5S. The first-order valence-corrected chi connectivity index (χ1v) is 11.0. The molecule has 1 aliphatic heterocycles. The standard InChI is InChI=1S/C20H25N3O5S.HI/c1-14-10-15(4-7-19(14)29(3,24)25)12-23-20(21-2)22-8-9-26-16-5-6-17-18(11-16)28-13-27-17;/h4-7,10-11H,8-9,12-13H2,1-3H3,(H2,21,22,23);1H. The highest BCUT2D eigenvalue weighted by Gasteiger charge is 2.14. The number of halogens is 1. The van der Waals surface area contributed by atoms with Gasteiger partial charge in [0.25, 0.3) is 0 Å². The second-order valence-electron chi connectivity index (χ2n) is 6.59. The number of nitrogens with one attached hydrogen (secondary N) is 2.